The maximum absolute atomic E-state index is 4.32. The fourth-order valence-electron chi connectivity index (χ4n) is 2.18. The summed E-state index contributed by atoms with van der Waals surface area (Å²) in [4.78, 5) is 8.64. The average Bonchev–Trinajstić information content (AvgIpc) is 2.76. The summed E-state index contributed by atoms with van der Waals surface area (Å²) in [5.41, 5.74) is 9.35. The van der Waals surface area contributed by atoms with E-state index in [-0.39, 0.29) is 0 Å². The number of nitrogens with one attached hydrogen (secondary N) is 2. The number of benzene rings is 3. The molecule has 0 unspecified atom stereocenters. The maximum atomic E-state index is 4.32. The van der Waals surface area contributed by atoms with Crippen LogP contribution in [0.5, 0.6) is 0 Å². The average molecular weight is 368 g/mol. The second-order valence-electron chi connectivity index (χ2n) is 5.58. The van der Waals surface area contributed by atoms with E-state index in [1.165, 1.54) is 0 Å². The zero-order chi connectivity index (χ0) is 19.3. The lowest BCUT2D eigenvalue weighted by Gasteiger charge is -1.97. The van der Waals surface area contributed by atoms with Gasteiger partial charge in [0, 0.05) is 12.4 Å². The minimum Gasteiger partial charge on any atom is -0.278 e. The molecule has 0 aromatic heterocycles. The van der Waals surface area contributed by atoms with Crippen LogP contribution >= 0.6 is 0 Å². The molecule has 6 heteroatoms. The topological polar surface area (TPSA) is 73.5 Å². The van der Waals surface area contributed by atoms with E-state index >= 15 is 0 Å². The van der Waals surface area contributed by atoms with Gasteiger partial charge in [0.25, 0.3) is 0 Å². The Hall–Kier alpha value is -4.06. The van der Waals surface area contributed by atoms with Gasteiger partial charge in [-0.2, -0.15) is 10.2 Å². The van der Waals surface area contributed by atoms with Crippen LogP contribution in [0.1, 0.15) is 0 Å². The summed E-state index contributed by atoms with van der Waals surface area (Å²) in [7, 11) is 0. The first-order chi connectivity index (χ1) is 13.9. The molecule has 0 spiro atoms. The van der Waals surface area contributed by atoms with Gasteiger partial charge in [0.15, 0.2) is 0 Å². The number of aliphatic imine (C=N–C) groups is 2. The SMILES string of the molecule is C(/C=N/Nc1ccccc1)=Nc1ccc(N=C/C=N/Nc2ccccc2)cc1. The zero-order valence-electron chi connectivity index (χ0n) is 15.2. The maximum Gasteiger partial charge on any atom is 0.0655 e. The van der Waals surface area contributed by atoms with Gasteiger partial charge in [-0.1, -0.05) is 36.4 Å². The van der Waals surface area contributed by atoms with Crippen LogP contribution in [0.3, 0.4) is 0 Å². The lowest BCUT2D eigenvalue weighted by atomic mass is 10.3. The number of para-hydroxylation sites is 2. The van der Waals surface area contributed by atoms with Crippen molar-refractivity contribution in [1.29, 1.82) is 0 Å². The van der Waals surface area contributed by atoms with Crippen molar-refractivity contribution in [2.45, 2.75) is 0 Å². The molecule has 0 saturated heterocycles. The van der Waals surface area contributed by atoms with Crippen LogP contribution in [0, 0.1) is 0 Å². The van der Waals surface area contributed by atoms with E-state index in [2.05, 4.69) is 31.0 Å². The van der Waals surface area contributed by atoms with Crippen LogP contribution in [0.15, 0.2) is 105 Å². The highest BCUT2D eigenvalue weighted by Crippen LogP contribution is 2.17. The summed E-state index contributed by atoms with van der Waals surface area (Å²) in [5.74, 6) is 0. The third kappa shape index (κ3) is 6.68. The van der Waals surface area contributed by atoms with Gasteiger partial charge in [-0.15, -0.1) is 0 Å². The van der Waals surface area contributed by atoms with Crippen LogP contribution in [0.25, 0.3) is 0 Å². The molecule has 0 saturated carbocycles. The smallest absolute Gasteiger partial charge is 0.0655 e. The monoisotopic (exact) mass is 368 g/mol. The van der Waals surface area contributed by atoms with Crippen molar-refractivity contribution in [3.05, 3.63) is 84.9 Å². The fraction of sp³-hybridized carbons (Fsp3) is 0. The predicted octanol–water partition coefficient (Wildman–Crippen LogP) is 5.29. The number of anilines is 2. The van der Waals surface area contributed by atoms with Crippen LogP contribution in [0.2, 0.25) is 0 Å². The van der Waals surface area contributed by atoms with Crippen LogP contribution in [-0.4, -0.2) is 24.9 Å². The molecule has 138 valence electrons. The molecule has 28 heavy (non-hydrogen) atoms. The summed E-state index contributed by atoms with van der Waals surface area (Å²) in [5, 5.41) is 8.17. The highest BCUT2D eigenvalue weighted by atomic mass is 15.3. The number of hydrazone groups is 2. The van der Waals surface area contributed by atoms with Crippen LogP contribution < -0.4 is 10.9 Å². The number of hydrogen-bond donors (Lipinski definition) is 2. The third-order valence-corrected chi connectivity index (χ3v) is 3.51. The first-order valence-electron chi connectivity index (χ1n) is 8.74. The molecule has 0 radical (unpaired) electrons. The zero-order valence-corrected chi connectivity index (χ0v) is 15.2. The van der Waals surface area contributed by atoms with Gasteiger partial charge in [0.1, 0.15) is 0 Å². The summed E-state index contributed by atoms with van der Waals surface area (Å²) in [6.07, 6.45) is 6.48. The van der Waals surface area contributed by atoms with Gasteiger partial charge in [-0.25, -0.2) is 0 Å². The minimum absolute atomic E-state index is 0.824. The van der Waals surface area contributed by atoms with E-state index in [0.29, 0.717) is 0 Å². The third-order valence-electron chi connectivity index (χ3n) is 3.51. The summed E-state index contributed by atoms with van der Waals surface area (Å²) >= 11 is 0. The Balaban J connectivity index is 1.44. The Labute approximate surface area is 164 Å². The minimum atomic E-state index is 0.824. The van der Waals surface area contributed by atoms with E-state index < -0.39 is 0 Å². The summed E-state index contributed by atoms with van der Waals surface area (Å²) in [6, 6.07) is 27.0. The molecular weight excluding hydrogens is 348 g/mol. The van der Waals surface area contributed by atoms with Crippen molar-refractivity contribution in [2.75, 3.05) is 10.9 Å². The molecule has 3 aromatic rings. The van der Waals surface area contributed by atoms with Crippen LogP contribution in [0.4, 0.5) is 22.7 Å². The fourth-order valence-corrected chi connectivity index (χ4v) is 2.18. The Morgan fingerprint density at radius 1 is 0.464 bits per heavy atom. The number of hydrogen-bond acceptors (Lipinski definition) is 6. The quantitative estimate of drug-likeness (QED) is 0.419. The first kappa shape index (κ1) is 18.7. The van der Waals surface area contributed by atoms with Gasteiger partial charge in [0.2, 0.25) is 0 Å². The van der Waals surface area contributed by atoms with Gasteiger partial charge >= 0.3 is 0 Å². The Bertz CT molecular complexity index is 865. The molecule has 0 aliphatic rings. The molecule has 0 atom stereocenters. The molecule has 0 fully saturated rings. The van der Waals surface area contributed by atoms with Crippen molar-refractivity contribution in [2.24, 2.45) is 20.2 Å². The Morgan fingerprint density at radius 2 is 0.857 bits per heavy atom. The lowest BCUT2D eigenvalue weighted by molar-refractivity contribution is 1.36. The summed E-state index contributed by atoms with van der Waals surface area (Å²) in [6.45, 7) is 0. The molecule has 6 nitrogen and oxygen atoms in total. The Kier molecular flexibility index (Phi) is 7.24. The van der Waals surface area contributed by atoms with Gasteiger partial charge in [0.05, 0.1) is 35.2 Å². The van der Waals surface area contributed by atoms with E-state index in [9.17, 15) is 0 Å². The molecule has 0 amide bonds. The molecule has 3 rings (SSSR count). The van der Waals surface area contributed by atoms with Crippen molar-refractivity contribution >= 4 is 47.6 Å². The molecule has 0 aliphatic heterocycles. The second-order valence-corrected chi connectivity index (χ2v) is 5.58. The van der Waals surface area contributed by atoms with Gasteiger partial charge in [-0.3, -0.25) is 20.8 Å². The van der Waals surface area contributed by atoms with Gasteiger partial charge in [-0.05, 0) is 48.5 Å². The van der Waals surface area contributed by atoms with Crippen molar-refractivity contribution < 1.29 is 0 Å². The largest absolute Gasteiger partial charge is 0.278 e. The highest BCUT2D eigenvalue weighted by Gasteiger charge is 1.89. The van der Waals surface area contributed by atoms with E-state index in [4.69, 9.17) is 0 Å². The van der Waals surface area contributed by atoms with Gasteiger partial charge < -0.3 is 0 Å². The van der Waals surface area contributed by atoms with Crippen molar-refractivity contribution in [1.82, 2.24) is 0 Å². The highest BCUT2D eigenvalue weighted by molar-refractivity contribution is 6.17. The second kappa shape index (κ2) is 10.8. The first-order valence-corrected chi connectivity index (χ1v) is 8.74. The number of nitrogens with zero attached hydrogens (tertiary/aromatic N) is 4. The van der Waals surface area contributed by atoms with Crippen molar-refractivity contribution in [3.63, 3.8) is 0 Å². The lowest BCUT2D eigenvalue weighted by Crippen LogP contribution is -1.88. The molecule has 2 N–H and O–H groups in total. The van der Waals surface area contributed by atoms with E-state index in [1.807, 2.05) is 84.9 Å². The molecule has 0 heterocycles. The van der Waals surface area contributed by atoms with Crippen molar-refractivity contribution in [3.8, 4) is 0 Å². The molecule has 0 bridgehead atoms. The predicted molar refractivity (Wildman–Crippen MR) is 120 cm³/mol. The molecular formula is C22H20N6. The van der Waals surface area contributed by atoms with Crippen LogP contribution in [-0.2, 0) is 0 Å². The molecule has 3 aromatic carbocycles. The standard InChI is InChI=1S/C22H20N6/c1-3-7-21(8-4-1)27-25-17-15-23-19-11-13-20(14-12-19)24-16-18-26-28-22-9-5-2-6-10-22/h1-18,27-28H/b23-15?,24-16?,25-17+,26-18+. The van der Waals surface area contributed by atoms with E-state index in [1.54, 1.807) is 24.9 Å². The summed E-state index contributed by atoms with van der Waals surface area (Å²) < 4.78 is 0. The van der Waals surface area contributed by atoms with E-state index in [0.717, 1.165) is 22.7 Å². The normalized spacial score (nSPS) is 11.7. The molecule has 0 aliphatic carbocycles. The number of rotatable bonds is 8. The Morgan fingerprint density at radius 3 is 1.25 bits per heavy atom.